The fourth-order valence-corrected chi connectivity index (χ4v) is 1.67. The monoisotopic (exact) mass is 204 g/mol. The number of benzene rings is 1. The van der Waals surface area contributed by atoms with Crippen molar-refractivity contribution in [3.8, 4) is 11.8 Å². The highest BCUT2D eigenvalue weighted by molar-refractivity contribution is 5.56. The Morgan fingerprint density at radius 3 is 2.27 bits per heavy atom. The van der Waals surface area contributed by atoms with Crippen LogP contribution in [0.5, 0.6) is 5.75 Å². The normalized spacial score (nSPS) is 9.53. The minimum Gasteiger partial charge on any atom is -0.496 e. The van der Waals surface area contributed by atoms with Crippen LogP contribution in [0.2, 0.25) is 0 Å². The predicted octanol–water partition coefficient (Wildman–Crippen LogP) is 2.27. The van der Waals surface area contributed by atoms with Crippen LogP contribution in [0.4, 0.5) is 5.69 Å². The number of methoxy groups -OCH3 is 1. The highest BCUT2D eigenvalue weighted by Crippen LogP contribution is 2.28. The van der Waals surface area contributed by atoms with Gasteiger partial charge < -0.3 is 9.64 Å². The van der Waals surface area contributed by atoms with Crippen molar-refractivity contribution in [2.75, 3.05) is 25.6 Å². The van der Waals surface area contributed by atoms with Crippen molar-refractivity contribution in [1.29, 1.82) is 5.26 Å². The third-order valence-electron chi connectivity index (χ3n) is 2.40. The summed E-state index contributed by atoms with van der Waals surface area (Å²) in [4.78, 5) is 1.92. The molecule has 0 aromatic heterocycles. The number of aryl methyl sites for hydroxylation is 2. The van der Waals surface area contributed by atoms with Gasteiger partial charge in [0.15, 0.2) is 0 Å². The van der Waals surface area contributed by atoms with Crippen LogP contribution in [0.3, 0.4) is 0 Å². The molecule has 3 heteroatoms. The maximum atomic E-state index is 8.62. The van der Waals surface area contributed by atoms with Gasteiger partial charge >= 0.3 is 0 Å². The molecular formula is C12H16N2O. The molecule has 0 spiro atoms. The minimum absolute atomic E-state index is 0.394. The van der Waals surface area contributed by atoms with Gasteiger partial charge in [0.25, 0.3) is 0 Å². The van der Waals surface area contributed by atoms with Crippen molar-refractivity contribution in [2.45, 2.75) is 13.8 Å². The summed E-state index contributed by atoms with van der Waals surface area (Å²) in [7, 11) is 3.58. The van der Waals surface area contributed by atoms with Gasteiger partial charge in [-0.3, -0.25) is 0 Å². The standard InChI is InChI=1S/C12H16N2O/c1-9-7-11(14(3)6-5-13)8-10(2)12(9)15-4/h7-8H,6H2,1-4H3. The maximum Gasteiger partial charge on any atom is 0.124 e. The van der Waals surface area contributed by atoms with Gasteiger partial charge in [-0.15, -0.1) is 0 Å². The van der Waals surface area contributed by atoms with Crippen molar-refractivity contribution < 1.29 is 4.74 Å². The average Bonchev–Trinajstić information content (AvgIpc) is 2.17. The quantitative estimate of drug-likeness (QED) is 0.709. The fourth-order valence-electron chi connectivity index (χ4n) is 1.67. The molecule has 0 aliphatic carbocycles. The summed E-state index contributed by atoms with van der Waals surface area (Å²) in [6.07, 6.45) is 0. The van der Waals surface area contributed by atoms with Crippen LogP contribution in [0, 0.1) is 25.2 Å². The molecule has 15 heavy (non-hydrogen) atoms. The van der Waals surface area contributed by atoms with E-state index in [2.05, 4.69) is 6.07 Å². The zero-order valence-corrected chi connectivity index (χ0v) is 9.66. The highest BCUT2D eigenvalue weighted by Gasteiger charge is 2.07. The second-order valence-corrected chi connectivity index (χ2v) is 3.63. The van der Waals surface area contributed by atoms with Gasteiger partial charge in [-0.2, -0.15) is 5.26 Å². The van der Waals surface area contributed by atoms with Gasteiger partial charge in [0.2, 0.25) is 0 Å². The average molecular weight is 204 g/mol. The molecule has 0 N–H and O–H groups in total. The Morgan fingerprint density at radius 1 is 1.33 bits per heavy atom. The van der Waals surface area contributed by atoms with Gasteiger partial charge in [-0.05, 0) is 37.1 Å². The van der Waals surface area contributed by atoms with E-state index < -0.39 is 0 Å². The Bertz CT molecular complexity index is 370. The van der Waals surface area contributed by atoms with Crippen LogP contribution in [-0.2, 0) is 0 Å². The molecule has 0 amide bonds. The second kappa shape index (κ2) is 4.70. The van der Waals surface area contributed by atoms with Crippen LogP contribution in [-0.4, -0.2) is 20.7 Å². The van der Waals surface area contributed by atoms with Gasteiger partial charge in [0, 0.05) is 12.7 Å². The molecule has 0 fully saturated rings. The van der Waals surface area contributed by atoms with E-state index in [1.54, 1.807) is 7.11 Å². The lowest BCUT2D eigenvalue weighted by molar-refractivity contribution is 0.408. The lowest BCUT2D eigenvalue weighted by Gasteiger charge is -2.18. The highest BCUT2D eigenvalue weighted by atomic mass is 16.5. The number of nitrogens with zero attached hydrogens (tertiary/aromatic N) is 2. The number of ether oxygens (including phenoxy) is 1. The smallest absolute Gasteiger partial charge is 0.124 e. The van der Waals surface area contributed by atoms with Crippen LogP contribution in [0.15, 0.2) is 12.1 Å². The molecule has 0 aliphatic heterocycles. The maximum absolute atomic E-state index is 8.62. The largest absolute Gasteiger partial charge is 0.496 e. The first kappa shape index (κ1) is 11.4. The van der Waals surface area contributed by atoms with E-state index in [9.17, 15) is 0 Å². The third-order valence-corrected chi connectivity index (χ3v) is 2.40. The molecule has 1 aromatic rings. The molecule has 0 saturated heterocycles. The summed E-state index contributed by atoms with van der Waals surface area (Å²) in [6.45, 7) is 4.41. The Morgan fingerprint density at radius 2 is 1.87 bits per heavy atom. The summed E-state index contributed by atoms with van der Waals surface area (Å²) in [5.41, 5.74) is 3.24. The predicted molar refractivity (Wildman–Crippen MR) is 61.4 cm³/mol. The summed E-state index contributed by atoms with van der Waals surface area (Å²) in [5.74, 6) is 0.920. The van der Waals surface area contributed by atoms with Crippen molar-refractivity contribution in [1.82, 2.24) is 0 Å². The number of rotatable bonds is 3. The molecule has 0 unspecified atom stereocenters. The lowest BCUT2D eigenvalue weighted by atomic mass is 10.1. The van der Waals surface area contributed by atoms with Crippen LogP contribution in [0.1, 0.15) is 11.1 Å². The summed E-state index contributed by atoms with van der Waals surface area (Å²) in [6, 6.07) is 6.19. The molecule has 0 radical (unpaired) electrons. The van der Waals surface area contributed by atoms with E-state index in [-0.39, 0.29) is 0 Å². The molecule has 0 saturated carbocycles. The number of hydrogen-bond acceptors (Lipinski definition) is 3. The van der Waals surface area contributed by atoms with E-state index in [0.717, 1.165) is 22.6 Å². The number of hydrogen-bond donors (Lipinski definition) is 0. The summed E-state index contributed by atoms with van der Waals surface area (Å²) < 4.78 is 5.29. The molecule has 1 rings (SSSR count). The van der Waals surface area contributed by atoms with E-state index in [1.807, 2.05) is 37.9 Å². The second-order valence-electron chi connectivity index (χ2n) is 3.63. The molecular weight excluding hydrogens is 188 g/mol. The van der Waals surface area contributed by atoms with Crippen LogP contribution in [0.25, 0.3) is 0 Å². The van der Waals surface area contributed by atoms with Crippen LogP contribution >= 0.6 is 0 Å². The first-order chi connectivity index (χ1) is 7.10. The van der Waals surface area contributed by atoms with Gasteiger partial charge in [0.05, 0.1) is 13.2 Å². The molecule has 0 bridgehead atoms. The van der Waals surface area contributed by atoms with Crippen molar-refractivity contribution in [2.24, 2.45) is 0 Å². The van der Waals surface area contributed by atoms with Crippen LogP contribution < -0.4 is 9.64 Å². The topological polar surface area (TPSA) is 36.3 Å². The Balaban J connectivity index is 3.09. The molecule has 0 heterocycles. The van der Waals surface area contributed by atoms with Gasteiger partial charge in [-0.1, -0.05) is 0 Å². The van der Waals surface area contributed by atoms with E-state index in [4.69, 9.17) is 10.00 Å². The van der Waals surface area contributed by atoms with E-state index in [0.29, 0.717) is 6.54 Å². The van der Waals surface area contributed by atoms with E-state index in [1.165, 1.54) is 0 Å². The number of nitriles is 1. The Hall–Kier alpha value is -1.69. The number of anilines is 1. The SMILES string of the molecule is COc1c(C)cc(N(C)CC#N)cc1C. The Labute approximate surface area is 90.9 Å². The van der Waals surface area contributed by atoms with Gasteiger partial charge in [0.1, 0.15) is 12.3 Å². The summed E-state index contributed by atoms with van der Waals surface area (Å²) in [5, 5.41) is 8.62. The molecule has 0 aliphatic rings. The van der Waals surface area contributed by atoms with Crippen molar-refractivity contribution in [3.05, 3.63) is 23.3 Å². The minimum atomic E-state index is 0.394. The summed E-state index contributed by atoms with van der Waals surface area (Å²) >= 11 is 0. The fraction of sp³-hybridized carbons (Fsp3) is 0.417. The van der Waals surface area contributed by atoms with Crippen molar-refractivity contribution in [3.63, 3.8) is 0 Å². The zero-order chi connectivity index (χ0) is 11.4. The third kappa shape index (κ3) is 2.41. The lowest BCUT2D eigenvalue weighted by Crippen LogP contribution is -2.17. The van der Waals surface area contributed by atoms with Gasteiger partial charge in [-0.25, -0.2) is 0 Å². The van der Waals surface area contributed by atoms with E-state index >= 15 is 0 Å². The molecule has 80 valence electrons. The molecule has 0 atom stereocenters. The zero-order valence-electron chi connectivity index (χ0n) is 9.66. The Kier molecular flexibility index (Phi) is 3.56. The van der Waals surface area contributed by atoms with Crippen molar-refractivity contribution >= 4 is 5.69 Å². The molecule has 1 aromatic carbocycles. The first-order valence-corrected chi connectivity index (χ1v) is 4.83. The first-order valence-electron chi connectivity index (χ1n) is 4.83. The molecule has 3 nitrogen and oxygen atoms in total.